The minimum absolute atomic E-state index is 0.0306. The molecule has 0 spiro atoms. The molecule has 29 heavy (non-hydrogen) atoms. The molecular formula is C17H19N7O4S. The lowest BCUT2D eigenvalue weighted by molar-refractivity contribution is -0.119. The highest BCUT2D eigenvalue weighted by molar-refractivity contribution is 7.89. The van der Waals surface area contributed by atoms with Crippen LogP contribution in [0.2, 0.25) is 0 Å². The van der Waals surface area contributed by atoms with Gasteiger partial charge in [-0.1, -0.05) is 5.16 Å². The van der Waals surface area contributed by atoms with Crippen molar-refractivity contribution in [3.05, 3.63) is 42.0 Å². The van der Waals surface area contributed by atoms with Crippen molar-refractivity contribution in [1.82, 2.24) is 29.7 Å². The molecule has 0 saturated carbocycles. The average Bonchev–Trinajstić information content (AvgIpc) is 3.43. The first-order chi connectivity index (χ1) is 13.9. The summed E-state index contributed by atoms with van der Waals surface area (Å²) in [6.45, 7) is 3.38. The highest BCUT2D eigenvalue weighted by atomic mass is 32.2. The Kier molecular flexibility index (Phi) is 4.88. The predicted molar refractivity (Wildman–Crippen MR) is 101 cm³/mol. The van der Waals surface area contributed by atoms with Crippen molar-refractivity contribution in [1.29, 1.82) is 0 Å². The van der Waals surface area contributed by atoms with Crippen LogP contribution in [0.3, 0.4) is 0 Å². The molecule has 1 aliphatic heterocycles. The van der Waals surface area contributed by atoms with Crippen LogP contribution in [0.5, 0.6) is 0 Å². The molecule has 1 N–H and O–H groups in total. The second kappa shape index (κ2) is 7.37. The third-order valence-corrected chi connectivity index (χ3v) is 6.94. The molecule has 1 atom stereocenters. The topological polar surface area (TPSA) is 136 Å². The lowest BCUT2D eigenvalue weighted by Crippen LogP contribution is -2.43. The van der Waals surface area contributed by atoms with Crippen LogP contribution in [-0.2, 0) is 14.8 Å². The Hall–Kier alpha value is -3.12. The molecule has 11 nitrogen and oxygen atoms in total. The highest BCUT2D eigenvalue weighted by Gasteiger charge is 2.41. The molecule has 1 aromatic carbocycles. The zero-order valence-electron chi connectivity index (χ0n) is 15.8. The van der Waals surface area contributed by atoms with E-state index < -0.39 is 16.1 Å². The number of hydrogen-bond acceptors (Lipinski definition) is 8. The van der Waals surface area contributed by atoms with E-state index in [1.165, 1.54) is 15.3 Å². The van der Waals surface area contributed by atoms with Crippen molar-refractivity contribution in [2.75, 3.05) is 11.9 Å². The van der Waals surface area contributed by atoms with Crippen LogP contribution in [0.1, 0.15) is 24.3 Å². The first kappa shape index (κ1) is 19.2. The SMILES string of the molecule is Cc1noc(C)c1S(=O)(=O)N1CCC[C@@H]1C(=O)Nc1ccc(-n2cnnn2)cc1. The van der Waals surface area contributed by atoms with Gasteiger partial charge in [0, 0.05) is 12.2 Å². The molecule has 152 valence electrons. The van der Waals surface area contributed by atoms with Gasteiger partial charge >= 0.3 is 0 Å². The maximum Gasteiger partial charge on any atom is 0.249 e. The number of rotatable bonds is 5. The van der Waals surface area contributed by atoms with Crippen molar-refractivity contribution >= 4 is 21.6 Å². The van der Waals surface area contributed by atoms with Gasteiger partial charge in [0.1, 0.15) is 23.0 Å². The van der Waals surface area contributed by atoms with Crippen LogP contribution < -0.4 is 5.32 Å². The molecule has 1 aliphatic rings. The zero-order valence-corrected chi connectivity index (χ0v) is 16.6. The van der Waals surface area contributed by atoms with Crippen LogP contribution in [0.25, 0.3) is 5.69 Å². The van der Waals surface area contributed by atoms with Gasteiger partial charge in [0.2, 0.25) is 15.9 Å². The molecule has 2 aromatic heterocycles. The van der Waals surface area contributed by atoms with E-state index in [2.05, 4.69) is 26.0 Å². The maximum absolute atomic E-state index is 13.1. The van der Waals surface area contributed by atoms with Gasteiger partial charge in [0.25, 0.3) is 0 Å². The largest absolute Gasteiger partial charge is 0.360 e. The van der Waals surface area contributed by atoms with Gasteiger partial charge in [0.15, 0.2) is 5.76 Å². The van der Waals surface area contributed by atoms with Crippen molar-refractivity contribution < 1.29 is 17.7 Å². The number of hydrogen-bond donors (Lipinski definition) is 1. The first-order valence-electron chi connectivity index (χ1n) is 8.97. The summed E-state index contributed by atoms with van der Waals surface area (Å²) < 4.78 is 33.9. The Morgan fingerprint density at radius 2 is 2.00 bits per heavy atom. The number of amides is 1. The van der Waals surface area contributed by atoms with Gasteiger partial charge in [-0.2, -0.15) is 4.31 Å². The molecule has 1 fully saturated rings. The zero-order chi connectivity index (χ0) is 20.6. The normalized spacial score (nSPS) is 17.5. The average molecular weight is 417 g/mol. The second-order valence-corrected chi connectivity index (χ2v) is 8.54. The fourth-order valence-electron chi connectivity index (χ4n) is 3.45. The van der Waals surface area contributed by atoms with E-state index in [1.54, 1.807) is 38.1 Å². The van der Waals surface area contributed by atoms with E-state index >= 15 is 0 Å². The molecule has 1 amide bonds. The van der Waals surface area contributed by atoms with Crippen LogP contribution >= 0.6 is 0 Å². The monoisotopic (exact) mass is 417 g/mol. The number of anilines is 1. The number of aryl methyl sites for hydroxylation is 2. The van der Waals surface area contributed by atoms with E-state index in [9.17, 15) is 13.2 Å². The molecule has 3 aromatic rings. The Morgan fingerprint density at radius 3 is 2.62 bits per heavy atom. The minimum atomic E-state index is -3.89. The van der Waals surface area contributed by atoms with Crippen molar-refractivity contribution in [3.63, 3.8) is 0 Å². The molecule has 4 rings (SSSR count). The standard InChI is InChI=1S/C17H19N7O4S/c1-11-16(12(2)28-20-11)29(26,27)24-9-3-4-15(24)17(25)19-13-5-7-14(8-6-13)23-10-18-21-22-23/h5-8,10,15H,3-4,9H2,1-2H3,(H,19,25)/t15-/m1/s1. The van der Waals surface area contributed by atoms with Crippen LogP contribution in [0.4, 0.5) is 5.69 Å². The summed E-state index contributed by atoms with van der Waals surface area (Å²) in [5.74, 6) is -0.167. The minimum Gasteiger partial charge on any atom is -0.360 e. The Labute approximate surface area is 166 Å². The number of nitrogens with zero attached hydrogens (tertiary/aromatic N) is 6. The summed E-state index contributed by atoms with van der Waals surface area (Å²) in [7, 11) is -3.89. The lowest BCUT2D eigenvalue weighted by atomic mass is 10.2. The van der Waals surface area contributed by atoms with Gasteiger partial charge in [-0.15, -0.1) is 5.10 Å². The van der Waals surface area contributed by atoms with Gasteiger partial charge in [-0.25, -0.2) is 13.1 Å². The van der Waals surface area contributed by atoms with Crippen molar-refractivity contribution in [3.8, 4) is 5.69 Å². The fourth-order valence-corrected chi connectivity index (χ4v) is 5.40. The van der Waals surface area contributed by atoms with Crippen molar-refractivity contribution in [2.45, 2.75) is 37.6 Å². The third kappa shape index (κ3) is 3.51. The second-order valence-electron chi connectivity index (χ2n) is 6.72. The maximum atomic E-state index is 13.1. The van der Waals surface area contributed by atoms with E-state index in [-0.39, 0.29) is 28.8 Å². The van der Waals surface area contributed by atoms with Crippen molar-refractivity contribution in [2.24, 2.45) is 0 Å². The summed E-state index contributed by atoms with van der Waals surface area (Å²) in [6.07, 6.45) is 2.50. The smallest absolute Gasteiger partial charge is 0.249 e. The Bertz CT molecular complexity index is 1100. The highest BCUT2D eigenvalue weighted by Crippen LogP contribution is 2.30. The van der Waals surface area contributed by atoms with E-state index in [1.807, 2.05) is 0 Å². The Morgan fingerprint density at radius 1 is 1.24 bits per heavy atom. The van der Waals surface area contributed by atoms with Gasteiger partial charge in [0.05, 0.1) is 5.69 Å². The van der Waals surface area contributed by atoms with Gasteiger partial charge < -0.3 is 9.84 Å². The van der Waals surface area contributed by atoms with Gasteiger partial charge in [-0.05, 0) is 61.4 Å². The number of carbonyl (C=O) groups is 1. The van der Waals surface area contributed by atoms with Crippen LogP contribution in [0, 0.1) is 13.8 Å². The van der Waals surface area contributed by atoms with E-state index in [0.29, 0.717) is 18.5 Å². The number of tetrazole rings is 1. The van der Waals surface area contributed by atoms with E-state index in [0.717, 1.165) is 5.69 Å². The van der Waals surface area contributed by atoms with Gasteiger partial charge in [-0.3, -0.25) is 4.79 Å². The summed E-state index contributed by atoms with van der Waals surface area (Å²) in [6, 6.07) is 6.11. The number of nitrogens with one attached hydrogen (secondary N) is 1. The predicted octanol–water partition coefficient (Wildman–Crippen LogP) is 1.06. The number of sulfonamides is 1. The summed E-state index contributed by atoms with van der Waals surface area (Å²) in [5.41, 5.74) is 1.57. The number of aromatic nitrogens is 5. The van der Waals surface area contributed by atoms with Crippen LogP contribution in [0.15, 0.2) is 40.0 Å². The van der Waals surface area contributed by atoms with Crippen LogP contribution in [-0.4, -0.2) is 56.6 Å². The lowest BCUT2D eigenvalue weighted by Gasteiger charge is -2.23. The summed E-state index contributed by atoms with van der Waals surface area (Å²) in [5, 5.41) is 17.5. The molecule has 1 saturated heterocycles. The first-order valence-corrected chi connectivity index (χ1v) is 10.4. The quantitative estimate of drug-likeness (QED) is 0.651. The summed E-state index contributed by atoms with van der Waals surface area (Å²) in [4.78, 5) is 12.9. The molecular weight excluding hydrogens is 398 g/mol. The third-order valence-electron chi connectivity index (χ3n) is 4.79. The molecule has 0 unspecified atom stereocenters. The molecule has 0 radical (unpaired) electrons. The molecule has 0 aliphatic carbocycles. The van der Waals surface area contributed by atoms with E-state index in [4.69, 9.17) is 4.52 Å². The molecule has 3 heterocycles. The number of carbonyl (C=O) groups excluding carboxylic acids is 1. The molecule has 12 heteroatoms. The Balaban J connectivity index is 1.52. The number of benzene rings is 1. The summed E-state index contributed by atoms with van der Waals surface area (Å²) >= 11 is 0. The molecule has 0 bridgehead atoms. The fraction of sp³-hybridized carbons (Fsp3) is 0.353.